The van der Waals surface area contributed by atoms with Gasteiger partial charge in [-0.05, 0) is 30.9 Å². The number of ether oxygens (including phenoxy) is 1. The number of hydrogen-bond donors (Lipinski definition) is 1. The highest BCUT2D eigenvalue weighted by Gasteiger charge is 2.18. The number of amides is 1. The van der Waals surface area contributed by atoms with Gasteiger partial charge in [0.2, 0.25) is 0 Å². The Bertz CT molecular complexity index is 482. The van der Waals surface area contributed by atoms with Gasteiger partial charge in [0, 0.05) is 18.8 Å². The van der Waals surface area contributed by atoms with Crippen LogP contribution in [-0.4, -0.2) is 36.5 Å². The third-order valence-electron chi connectivity index (χ3n) is 3.46. The van der Waals surface area contributed by atoms with Crippen LogP contribution in [0.2, 0.25) is 0 Å². The molecule has 1 aromatic rings. The Morgan fingerprint density at radius 2 is 1.85 bits per heavy atom. The summed E-state index contributed by atoms with van der Waals surface area (Å²) in [6.07, 6.45) is 3.32. The highest BCUT2D eigenvalue weighted by molar-refractivity contribution is 5.81. The Labute approximate surface area is 118 Å². The third kappa shape index (κ3) is 3.98. The molecule has 20 heavy (non-hydrogen) atoms. The summed E-state index contributed by atoms with van der Waals surface area (Å²) in [7, 11) is 0. The van der Waals surface area contributed by atoms with Gasteiger partial charge in [0.1, 0.15) is 0 Å². The number of likely N-dealkylation sites (tertiary alicyclic amines) is 1. The number of nitrogens with zero attached hydrogens (tertiary/aromatic N) is 1. The number of benzene rings is 1. The van der Waals surface area contributed by atoms with E-state index in [1.165, 1.54) is 0 Å². The zero-order valence-electron chi connectivity index (χ0n) is 11.5. The molecular weight excluding hydrogens is 256 g/mol. The second-order valence-electron chi connectivity index (χ2n) is 4.98. The van der Waals surface area contributed by atoms with Gasteiger partial charge >= 0.3 is 5.97 Å². The van der Waals surface area contributed by atoms with Crippen LogP contribution in [0.25, 0.3) is 0 Å². The lowest BCUT2D eigenvalue weighted by molar-refractivity contribution is -0.151. The quantitative estimate of drug-likeness (QED) is 0.666. The Balaban J connectivity index is 1.77. The van der Waals surface area contributed by atoms with E-state index in [-0.39, 0.29) is 18.9 Å². The number of hydrogen-bond acceptors (Lipinski definition) is 4. The fraction of sp³-hybridized carbons (Fsp3) is 0.467. The van der Waals surface area contributed by atoms with Crippen molar-refractivity contribution in [1.82, 2.24) is 4.90 Å². The van der Waals surface area contributed by atoms with Crippen molar-refractivity contribution in [2.75, 3.05) is 25.4 Å². The lowest BCUT2D eigenvalue weighted by atomic mass is 10.1. The molecule has 0 aromatic heterocycles. The molecule has 5 heteroatoms. The standard InChI is InChI=1S/C15H20N2O3/c16-13-7-3-2-6-12(13)10-15(19)20-11-14(18)17-8-4-1-5-9-17/h2-3,6-7H,1,4-5,8-11,16H2. The van der Waals surface area contributed by atoms with Gasteiger partial charge in [-0.3, -0.25) is 9.59 Å². The molecule has 1 heterocycles. The molecule has 0 saturated carbocycles. The summed E-state index contributed by atoms with van der Waals surface area (Å²) in [6.45, 7) is 1.36. The Morgan fingerprint density at radius 1 is 1.15 bits per heavy atom. The Kier molecular flexibility index (Phi) is 4.98. The second kappa shape index (κ2) is 6.93. The summed E-state index contributed by atoms with van der Waals surface area (Å²) < 4.78 is 5.03. The van der Waals surface area contributed by atoms with Gasteiger partial charge in [0.15, 0.2) is 6.61 Å². The summed E-state index contributed by atoms with van der Waals surface area (Å²) in [5.74, 6) is -0.535. The highest BCUT2D eigenvalue weighted by atomic mass is 16.5. The van der Waals surface area contributed by atoms with Crippen molar-refractivity contribution in [3.05, 3.63) is 29.8 Å². The number of anilines is 1. The average Bonchev–Trinajstić information content (AvgIpc) is 2.48. The first-order valence-electron chi connectivity index (χ1n) is 6.93. The van der Waals surface area contributed by atoms with Crippen LogP contribution in [0.15, 0.2) is 24.3 Å². The van der Waals surface area contributed by atoms with Gasteiger partial charge in [-0.25, -0.2) is 0 Å². The summed E-state index contributed by atoms with van der Waals surface area (Å²) in [5.41, 5.74) is 7.05. The van der Waals surface area contributed by atoms with Gasteiger partial charge in [-0.2, -0.15) is 0 Å². The van der Waals surface area contributed by atoms with Gasteiger partial charge < -0.3 is 15.4 Å². The van der Waals surface area contributed by atoms with E-state index in [9.17, 15) is 9.59 Å². The van der Waals surface area contributed by atoms with E-state index in [0.717, 1.165) is 37.9 Å². The molecule has 2 N–H and O–H groups in total. The number of carbonyl (C=O) groups is 2. The molecule has 1 amide bonds. The second-order valence-corrected chi connectivity index (χ2v) is 4.98. The van der Waals surface area contributed by atoms with E-state index in [2.05, 4.69) is 0 Å². The van der Waals surface area contributed by atoms with Crippen molar-refractivity contribution in [2.24, 2.45) is 0 Å². The summed E-state index contributed by atoms with van der Waals surface area (Å²) in [6, 6.07) is 7.15. The van der Waals surface area contributed by atoms with Crippen molar-refractivity contribution in [3.8, 4) is 0 Å². The minimum atomic E-state index is -0.423. The zero-order valence-corrected chi connectivity index (χ0v) is 11.5. The largest absolute Gasteiger partial charge is 0.455 e. The van der Waals surface area contributed by atoms with E-state index < -0.39 is 5.97 Å². The van der Waals surface area contributed by atoms with Crippen LogP contribution >= 0.6 is 0 Å². The Morgan fingerprint density at radius 3 is 2.55 bits per heavy atom. The van der Waals surface area contributed by atoms with Crippen molar-refractivity contribution >= 4 is 17.6 Å². The van der Waals surface area contributed by atoms with E-state index in [0.29, 0.717) is 5.69 Å². The van der Waals surface area contributed by atoms with Gasteiger partial charge in [-0.1, -0.05) is 18.2 Å². The van der Waals surface area contributed by atoms with Crippen LogP contribution < -0.4 is 5.73 Å². The highest BCUT2D eigenvalue weighted by Crippen LogP contribution is 2.12. The molecule has 0 aliphatic carbocycles. The molecule has 5 nitrogen and oxygen atoms in total. The average molecular weight is 276 g/mol. The van der Waals surface area contributed by atoms with E-state index in [4.69, 9.17) is 10.5 Å². The number of nitrogen functional groups attached to an aromatic ring is 1. The van der Waals surface area contributed by atoms with Crippen LogP contribution in [0.5, 0.6) is 0 Å². The van der Waals surface area contributed by atoms with E-state index in [1.54, 1.807) is 17.0 Å². The van der Waals surface area contributed by atoms with Gasteiger partial charge in [0.05, 0.1) is 6.42 Å². The van der Waals surface area contributed by atoms with E-state index in [1.807, 2.05) is 12.1 Å². The molecular formula is C15H20N2O3. The first-order chi connectivity index (χ1) is 9.66. The minimum Gasteiger partial charge on any atom is -0.455 e. The van der Waals surface area contributed by atoms with Crippen molar-refractivity contribution in [3.63, 3.8) is 0 Å². The number of piperidine rings is 1. The number of para-hydroxylation sites is 1. The lowest BCUT2D eigenvalue weighted by Gasteiger charge is -2.26. The van der Waals surface area contributed by atoms with Crippen molar-refractivity contribution in [1.29, 1.82) is 0 Å². The molecule has 0 atom stereocenters. The maximum Gasteiger partial charge on any atom is 0.310 e. The van der Waals surface area contributed by atoms with Crippen LogP contribution in [0.3, 0.4) is 0 Å². The van der Waals surface area contributed by atoms with Gasteiger partial charge in [0.25, 0.3) is 5.91 Å². The van der Waals surface area contributed by atoms with Crippen LogP contribution in [0.1, 0.15) is 24.8 Å². The molecule has 1 aliphatic rings. The van der Waals surface area contributed by atoms with Crippen LogP contribution in [-0.2, 0) is 20.7 Å². The molecule has 1 fully saturated rings. The molecule has 1 saturated heterocycles. The van der Waals surface area contributed by atoms with Crippen molar-refractivity contribution in [2.45, 2.75) is 25.7 Å². The zero-order chi connectivity index (χ0) is 14.4. The third-order valence-corrected chi connectivity index (χ3v) is 3.46. The summed E-state index contributed by atoms with van der Waals surface area (Å²) >= 11 is 0. The topological polar surface area (TPSA) is 72.6 Å². The fourth-order valence-electron chi connectivity index (χ4n) is 2.28. The van der Waals surface area contributed by atoms with Crippen LogP contribution in [0, 0.1) is 0 Å². The molecule has 0 spiro atoms. The number of esters is 1. The smallest absolute Gasteiger partial charge is 0.310 e. The SMILES string of the molecule is Nc1ccccc1CC(=O)OCC(=O)N1CCCCC1. The fourth-order valence-corrected chi connectivity index (χ4v) is 2.28. The minimum absolute atomic E-state index is 0.0972. The first kappa shape index (κ1) is 14.4. The first-order valence-corrected chi connectivity index (χ1v) is 6.93. The monoisotopic (exact) mass is 276 g/mol. The number of carbonyl (C=O) groups excluding carboxylic acids is 2. The van der Waals surface area contributed by atoms with Crippen LogP contribution in [0.4, 0.5) is 5.69 Å². The summed E-state index contributed by atoms with van der Waals surface area (Å²) in [4.78, 5) is 25.3. The van der Waals surface area contributed by atoms with Gasteiger partial charge in [-0.15, -0.1) is 0 Å². The summed E-state index contributed by atoms with van der Waals surface area (Å²) in [5, 5.41) is 0. The predicted octanol–water partition coefficient (Wildman–Crippen LogP) is 1.37. The molecule has 0 bridgehead atoms. The van der Waals surface area contributed by atoms with E-state index >= 15 is 0 Å². The number of nitrogens with two attached hydrogens (primary N) is 1. The maximum atomic E-state index is 11.8. The lowest BCUT2D eigenvalue weighted by Crippen LogP contribution is -2.38. The normalized spacial score (nSPS) is 14.9. The number of rotatable bonds is 4. The molecule has 1 aliphatic heterocycles. The maximum absolute atomic E-state index is 11.8. The molecule has 0 radical (unpaired) electrons. The molecule has 108 valence electrons. The molecule has 1 aromatic carbocycles. The molecule has 2 rings (SSSR count). The molecule has 0 unspecified atom stereocenters. The Hall–Kier alpha value is -2.04. The predicted molar refractivity (Wildman–Crippen MR) is 75.9 cm³/mol. The van der Waals surface area contributed by atoms with Crippen molar-refractivity contribution < 1.29 is 14.3 Å².